The fourth-order valence-corrected chi connectivity index (χ4v) is 13.1. The van der Waals surface area contributed by atoms with E-state index >= 15 is 0 Å². The Balaban J connectivity index is 1.78. The average Bonchev–Trinajstić information content (AvgIpc) is 3.15. The molecule has 2 fully saturated rings. The van der Waals surface area contributed by atoms with Gasteiger partial charge in [0.1, 0.15) is 11.5 Å². The van der Waals surface area contributed by atoms with Gasteiger partial charge < -0.3 is 15.2 Å². The standard InChI is InChI=1S/C47H62NO2P/c1-30(2)33-27-39(31(3)4)44(40(28-33)32(5)6)45-43(49-7)29-41(37-24-16-15-23-36(37)38-25-17-18-26-42(38)48)46(50-8)47(45)51(34-19-11-9-12-20-34)35-21-13-10-14-22-35/h15-18,23-32,34-35H,9-14,19-22,48H2,1-8H3. The zero-order valence-electron chi connectivity index (χ0n) is 32.6. The normalized spacial score (nSPS) is 16.1. The summed E-state index contributed by atoms with van der Waals surface area (Å²) in [6.45, 7) is 14.1. The second kappa shape index (κ2) is 16.6. The van der Waals surface area contributed by atoms with E-state index in [1.807, 2.05) is 26.4 Å². The molecule has 0 heterocycles. The van der Waals surface area contributed by atoms with Gasteiger partial charge >= 0.3 is 0 Å². The number of ether oxygens (including phenoxy) is 2. The van der Waals surface area contributed by atoms with E-state index in [0.717, 1.165) is 39.4 Å². The van der Waals surface area contributed by atoms with Crippen LogP contribution in [0.2, 0.25) is 0 Å². The van der Waals surface area contributed by atoms with Crippen LogP contribution in [0.5, 0.6) is 11.5 Å². The fraction of sp³-hybridized carbons (Fsp3) is 0.489. The van der Waals surface area contributed by atoms with Crippen LogP contribution in [0.25, 0.3) is 33.4 Å². The summed E-state index contributed by atoms with van der Waals surface area (Å²) in [5.74, 6) is 3.19. The largest absolute Gasteiger partial charge is 0.496 e. The lowest BCUT2D eigenvalue weighted by atomic mass is 9.81. The van der Waals surface area contributed by atoms with Gasteiger partial charge in [-0.3, -0.25) is 0 Å². The number of hydrogen-bond acceptors (Lipinski definition) is 3. The predicted octanol–water partition coefficient (Wildman–Crippen LogP) is 13.4. The van der Waals surface area contributed by atoms with E-state index in [0.29, 0.717) is 29.1 Å². The summed E-state index contributed by atoms with van der Waals surface area (Å²) in [6, 6.07) is 24.3. The molecule has 0 radical (unpaired) electrons. The number of rotatable bonds is 11. The smallest absolute Gasteiger partial charge is 0.135 e. The Kier molecular flexibility index (Phi) is 12.2. The zero-order chi connectivity index (χ0) is 36.2. The summed E-state index contributed by atoms with van der Waals surface area (Å²) in [6.07, 6.45) is 13.3. The van der Waals surface area contributed by atoms with Crippen LogP contribution < -0.4 is 20.5 Å². The van der Waals surface area contributed by atoms with Crippen molar-refractivity contribution < 1.29 is 9.47 Å². The Morgan fingerprint density at radius 2 is 1.06 bits per heavy atom. The van der Waals surface area contributed by atoms with Crippen LogP contribution in [-0.2, 0) is 0 Å². The first-order valence-electron chi connectivity index (χ1n) is 19.9. The molecule has 4 aromatic rings. The highest BCUT2D eigenvalue weighted by molar-refractivity contribution is 7.67. The van der Waals surface area contributed by atoms with Gasteiger partial charge in [0.05, 0.1) is 14.2 Å². The number of nitrogens with two attached hydrogens (primary N) is 1. The number of nitrogen functional groups attached to an aromatic ring is 1. The van der Waals surface area contributed by atoms with Crippen LogP contribution in [0.1, 0.15) is 140 Å². The first-order chi connectivity index (χ1) is 24.7. The van der Waals surface area contributed by atoms with Gasteiger partial charge in [-0.05, 0) is 100 Å². The number of para-hydroxylation sites is 1. The van der Waals surface area contributed by atoms with Crippen LogP contribution in [0.3, 0.4) is 0 Å². The molecule has 3 nitrogen and oxygen atoms in total. The second-order valence-corrected chi connectivity index (χ2v) is 18.8. The van der Waals surface area contributed by atoms with Gasteiger partial charge in [-0.15, -0.1) is 0 Å². The van der Waals surface area contributed by atoms with Crippen molar-refractivity contribution in [2.24, 2.45) is 0 Å². The summed E-state index contributed by atoms with van der Waals surface area (Å²) < 4.78 is 13.5. The van der Waals surface area contributed by atoms with Crippen molar-refractivity contribution in [3.05, 3.63) is 83.4 Å². The Morgan fingerprint density at radius 1 is 0.569 bits per heavy atom. The van der Waals surface area contributed by atoms with Crippen molar-refractivity contribution in [2.45, 2.75) is 135 Å². The lowest BCUT2D eigenvalue weighted by molar-refractivity contribution is 0.408. The highest BCUT2D eigenvalue weighted by atomic mass is 31.1. The summed E-state index contributed by atoms with van der Waals surface area (Å²) in [5, 5.41) is 1.46. The molecule has 0 bridgehead atoms. The van der Waals surface area contributed by atoms with E-state index in [9.17, 15) is 0 Å². The van der Waals surface area contributed by atoms with Gasteiger partial charge in [-0.25, -0.2) is 0 Å². The quantitative estimate of drug-likeness (QED) is 0.125. The van der Waals surface area contributed by atoms with E-state index in [1.165, 1.54) is 97.3 Å². The van der Waals surface area contributed by atoms with Gasteiger partial charge in [0.2, 0.25) is 0 Å². The minimum Gasteiger partial charge on any atom is -0.496 e. The minimum atomic E-state index is -0.575. The molecule has 0 atom stereocenters. The third kappa shape index (κ3) is 7.62. The van der Waals surface area contributed by atoms with Crippen LogP contribution in [0.15, 0.2) is 66.7 Å². The maximum atomic E-state index is 6.87. The molecule has 0 aliphatic heterocycles. The lowest BCUT2D eigenvalue weighted by Crippen LogP contribution is -2.29. The second-order valence-electron chi connectivity index (χ2n) is 16.0. The molecule has 2 aliphatic rings. The van der Waals surface area contributed by atoms with Crippen LogP contribution in [0, 0.1) is 0 Å². The lowest BCUT2D eigenvalue weighted by Gasteiger charge is -2.41. The molecule has 0 saturated heterocycles. The van der Waals surface area contributed by atoms with Crippen molar-refractivity contribution in [2.75, 3.05) is 20.0 Å². The minimum absolute atomic E-state index is 0.358. The molecule has 2 aliphatic carbocycles. The Bertz CT molecular complexity index is 1750. The summed E-state index contributed by atoms with van der Waals surface area (Å²) in [4.78, 5) is 0. The maximum absolute atomic E-state index is 6.87. The summed E-state index contributed by atoms with van der Waals surface area (Å²) in [5.41, 5.74) is 20.2. The molecule has 2 N–H and O–H groups in total. The number of benzene rings is 4. The van der Waals surface area contributed by atoms with E-state index in [1.54, 1.807) is 0 Å². The first kappa shape index (κ1) is 37.5. The van der Waals surface area contributed by atoms with Crippen molar-refractivity contribution in [1.29, 1.82) is 0 Å². The molecule has 2 saturated carbocycles. The molecule has 4 heteroatoms. The Morgan fingerprint density at radius 3 is 1.51 bits per heavy atom. The van der Waals surface area contributed by atoms with Gasteiger partial charge in [0.15, 0.2) is 0 Å². The Labute approximate surface area is 310 Å². The third-order valence-electron chi connectivity index (χ3n) is 11.7. The van der Waals surface area contributed by atoms with E-state index in [-0.39, 0.29) is 0 Å². The van der Waals surface area contributed by atoms with Gasteiger partial charge in [-0.1, -0.05) is 143 Å². The summed E-state index contributed by atoms with van der Waals surface area (Å²) >= 11 is 0. The zero-order valence-corrected chi connectivity index (χ0v) is 33.5. The van der Waals surface area contributed by atoms with Crippen molar-refractivity contribution in [3.8, 4) is 44.9 Å². The number of hydrogen-bond donors (Lipinski definition) is 1. The number of methoxy groups -OCH3 is 2. The maximum Gasteiger partial charge on any atom is 0.135 e. The molecule has 0 amide bonds. The van der Waals surface area contributed by atoms with Crippen LogP contribution in [0.4, 0.5) is 5.69 Å². The molecule has 0 aromatic heterocycles. The van der Waals surface area contributed by atoms with Gasteiger partial charge in [0, 0.05) is 27.7 Å². The number of anilines is 1. The molecule has 51 heavy (non-hydrogen) atoms. The third-order valence-corrected chi connectivity index (χ3v) is 15.2. The van der Waals surface area contributed by atoms with Crippen molar-refractivity contribution in [1.82, 2.24) is 0 Å². The van der Waals surface area contributed by atoms with Crippen LogP contribution >= 0.6 is 7.92 Å². The van der Waals surface area contributed by atoms with E-state index < -0.39 is 7.92 Å². The highest BCUT2D eigenvalue weighted by Crippen LogP contribution is 2.61. The first-order valence-corrected chi connectivity index (χ1v) is 21.3. The fourth-order valence-electron chi connectivity index (χ4n) is 9.00. The van der Waals surface area contributed by atoms with Gasteiger partial charge in [-0.2, -0.15) is 0 Å². The SMILES string of the molecule is COc1cc(-c2ccccc2-c2ccccc2N)c(OC)c(P(C2CCCCC2)C2CCCCC2)c1-c1c(C(C)C)cc(C(C)C)cc1C(C)C. The molecule has 272 valence electrons. The molecule has 4 aromatic carbocycles. The summed E-state index contributed by atoms with van der Waals surface area (Å²) in [7, 11) is 3.23. The highest BCUT2D eigenvalue weighted by Gasteiger charge is 2.39. The van der Waals surface area contributed by atoms with Crippen molar-refractivity contribution in [3.63, 3.8) is 0 Å². The molecule has 0 unspecified atom stereocenters. The van der Waals surface area contributed by atoms with E-state index in [2.05, 4.69) is 96.1 Å². The van der Waals surface area contributed by atoms with Gasteiger partial charge in [0.25, 0.3) is 0 Å². The monoisotopic (exact) mass is 703 g/mol. The van der Waals surface area contributed by atoms with Crippen LogP contribution in [-0.4, -0.2) is 25.5 Å². The molecular weight excluding hydrogens is 641 g/mol. The molecular formula is C47H62NO2P. The predicted molar refractivity (Wildman–Crippen MR) is 223 cm³/mol. The van der Waals surface area contributed by atoms with Crippen molar-refractivity contribution >= 4 is 18.9 Å². The topological polar surface area (TPSA) is 44.5 Å². The van der Waals surface area contributed by atoms with E-state index in [4.69, 9.17) is 15.2 Å². The Hall–Kier alpha value is -3.29. The molecule has 0 spiro atoms. The average molecular weight is 704 g/mol. The molecule has 6 rings (SSSR count).